The molecule has 2 heterocycles. The lowest BCUT2D eigenvalue weighted by Gasteiger charge is -2.12. The third-order valence-electron chi connectivity index (χ3n) is 3.68. The summed E-state index contributed by atoms with van der Waals surface area (Å²) >= 11 is 0. The van der Waals surface area contributed by atoms with Crippen LogP contribution in [0, 0.1) is 0 Å². The number of nitrogens with zero attached hydrogens (tertiary/aromatic N) is 1. The Hall–Kier alpha value is -3.88. The first kappa shape index (κ1) is 19.9. The van der Waals surface area contributed by atoms with Gasteiger partial charge >= 0.3 is 6.18 Å². The Balaban J connectivity index is 1.86. The molecule has 6 nitrogen and oxygen atoms in total. The Kier molecular flexibility index (Phi) is 5.77. The Morgan fingerprint density at radius 2 is 1.90 bits per heavy atom. The summed E-state index contributed by atoms with van der Waals surface area (Å²) in [6.07, 6.45) is 1.07. The Labute approximate surface area is 163 Å². The van der Waals surface area contributed by atoms with Crippen LogP contribution >= 0.6 is 0 Å². The van der Waals surface area contributed by atoms with E-state index in [2.05, 4.69) is 15.6 Å². The number of halogens is 3. The van der Waals surface area contributed by atoms with Crippen LogP contribution < -0.4 is 10.6 Å². The molecule has 0 aliphatic heterocycles. The van der Waals surface area contributed by atoms with Gasteiger partial charge in [-0.05, 0) is 48.0 Å². The number of alkyl halides is 3. The minimum Gasteiger partial charge on any atom is -0.459 e. The van der Waals surface area contributed by atoms with Gasteiger partial charge in [0.15, 0.2) is 5.76 Å². The van der Waals surface area contributed by atoms with Crippen molar-refractivity contribution < 1.29 is 27.2 Å². The number of benzene rings is 1. The van der Waals surface area contributed by atoms with Crippen molar-refractivity contribution in [1.29, 1.82) is 0 Å². The van der Waals surface area contributed by atoms with Gasteiger partial charge in [-0.1, -0.05) is 12.1 Å². The molecule has 1 aromatic carbocycles. The van der Waals surface area contributed by atoms with Crippen LogP contribution in [-0.4, -0.2) is 16.8 Å². The molecule has 0 aliphatic rings. The van der Waals surface area contributed by atoms with Gasteiger partial charge in [-0.15, -0.1) is 0 Å². The zero-order chi connectivity index (χ0) is 20.9. The van der Waals surface area contributed by atoms with Crippen molar-refractivity contribution in [2.24, 2.45) is 0 Å². The van der Waals surface area contributed by atoms with Crippen molar-refractivity contribution in [3.63, 3.8) is 0 Å². The molecule has 0 bridgehead atoms. The van der Waals surface area contributed by atoms with Gasteiger partial charge in [0.05, 0.1) is 11.8 Å². The minimum absolute atomic E-state index is 0.0334. The lowest BCUT2D eigenvalue weighted by Crippen LogP contribution is -2.30. The summed E-state index contributed by atoms with van der Waals surface area (Å²) in [5, 5.41) is 4.75. The van der Waals surface area contributed by atoms with Crippen LogP contribution in [0.5, 0.6) is 0 Å². The predicted molar refractivity (Wildman–Crippen MR) is 98.5 cm³/mol. The largest absolute Gasteiger partial charge is 0.459 e. The molecule has 9 heteroatoms. The van der Waals surface area contributed by atoms with E-state index >= 15 is 0 Å². The van der Waals surface area contributed by atoms with Crippen LogP contribution in [0.25, 0.3) is 6.08 Å². The van der Waals surface area contributed by atoms with Gasteiger partial charge in [0.25, 0.3) is 11.8 Å². The molecule has 3 aromatic rings. The van der Waals surface area contributed by atoms with E-state index in [1.807, 2.05) is 0 Å². The summed E-state index contributed by atoms with van der Waals surface area (Å²) in [4.78, 5) is 28.8. The minimum atomic E-state index is -4.55. The van der Waals surface area contributed by atoms with Gasteiger partial charge < -0.3 is 15.1 Å². The van der Waals surface area contributed by atoms with Crippen molar-refractivity contribution in [3.05, 3.63) is 89.8 Å². The first-order chi connectivity index (χ1) is 13.8. The Morgan fingerprint density at radius 3 is 2.55 bits per heavy atom. The number of aromatic nitrogens is 1. The summed E-state index contributed by atoms with van der Waals surface area (Å²) in [6, 6.07) is 10.3. The number of rotatable bonds is 5. The van der Waals surface area contributed by atoms with E-state index in [1.54, 1.807) is 12.1 Å². The molecule has 0 saturated carbocycles. The van der Waals surface area contributed by atoms with E-state index in [9.17, 15) is 22.8 Å². The molecule has 0 unspecified atom stereocenters. The molecule has 2 aromatic heterocycles. The second-order valence-corrected chi connectivity index (χ2v) is 5.81. The maximum absolute atomic E-state index is 12.9. The van der Waals surface area contributed by atoms with Crippen molar-refractivity contribution in [2.45, 2.75) is 6.18 Å². The fourth-order valence-corrected chi connectivity index (χ4v) is 2.35. The summed E-state index contributed by atoms with van der Waals surface area (Å²) in [5.41, 5.74) is -0.680. The molecule has 3 rings (SSSR count). The van der Waals surface area contributed by atoms with Crippen LogP contribution in [0.15, 0.2) is 77.3 Å². The maximum Gasteiger partial charge on any atom is 0.416 e. The number of carbonyl (C=O) groups is 2. The molecule has 0 atom stereocenters. The molecule has 0 fully saturated rings. The molecule has 0 radical (unpaired) electrons. The lowest BCUT2D eigenvalue weighted by atomic mass is 10.2. The average molecular weight is 401 g/mol. The first-order valence-corrected chi connectivity index (χ1v) is 8.28. The summed E-state index contributed by atoms with van der Waals surface area (Å²) in [5.74, 6) is -1.54. The summed E-state index contributed by atoms with van der Waals surface area (Å²) in [6.45, 7) is 0. The van der Waals surface area contributed by atoms with Gasteiger partial charge in [0, 0.05) is 18.1 Å². The normalized spacial score (nSPS) is 11.8. The van der Waals surface area contributed by atoms with Gasteiger partial charge in [0.2, 0.25) is 0 Å². The second-order valence-electron chi connectivity index (χ2n) is 5.81. The van der Waals surface area contributed by atoms with Crippen LogP contribution in [0.4, 0.5) is 18.9 Å². The fourth-order valence-electron chi connectivity index (χ4n) is 2.35. The molecule has 0 aliphatic carbocycles. The summed E-state index contributed by atoms with van der Waals surface area (Å²) < 4.78 is 43.6. The molecule has 0 spiro atoms. The highest BCUT2D eigenvalue weighted by Crippen LogP contribution is 2.30. The SMILES string of the molecule is O=C(Nc1cccc(C(F)(F)F)c1)/C(=C\c1cccnc1)NC(=O)c1ccco1. The molecule has 2 amide bonds. The number of hydrogen-bond donors (Lipinski definition) is 2. The van der Waals surface area contributed by atoms with Crippen LogP contribution in [0.3, 0.4) is 0 Å². The number of pyridine rings is 1. The van der Waals surface area contributed by atoms with Crippen LogP contribution in [-0.2, 0) is 11.0 Å². The average Bonchev–Trinajstić information content (AvgIpc) is 3.23. The van der Waals surface area contributed by atoms with Gasteiger partial charge in [-0.3, -0.25) is 14.6 Å². The lowest BCUT2D eigenvalue weighted by molar-refractivity contribution is -0.137. The topological polar surface area (TPSA) is 84.2 Å². The Bertz CT molecular complexity index is 1030. The number of furan rings is 1. The van der Waals surface area contributed by atoms with E-state index in [1.165, 1.54) is 49.0 Å². The first-order valence-electron chi connectivity index (χ1n) is 8.28. The Morgan fingerprint density at radius 1 is 1.07 bits per heavy atom. The standard InChI is InChI=1S/C20H14F3N3O3/c21-20(22,23)14-5-1-6-15(11-14)25-18(27)16(10-13-4-2-8-24-12-13)26-19(28)17-7-3-9-29-17/h1-12H,(H,25,27)(H,26,28)/b16-10+. The molecular weight excluding hydrogens is 387 g/mol. The van der Waals surface area contributed by atoms with E-state index in [0.717, 1.165) is 12.1 Å². The third-order valence-corrected chi connectivity index (χ3v) is 3.68. The zero-order valence-electron chi connectivity index (χ0n) is 14.7. The number of anilines is 1. The maximum atomic E-state index is 12.9. The van der Waals surface area contributed by atoms with Gasteiger partial charge in [-0.2, -0.15) is 13.2 Å². The van der Waals surface area contributed by atoms with Crippen molar-refractivity contribution >= 4 is 23.6 Å². The smallest absolute Gasteiger partial charge is 0.416 e. The highest BCUT2D eigenvalue weighted by atomic mass is 19.4. The number of hydrogen-bond acceptors (Lipinski definition) is 4. The third kappa shape index (κ3) is 5.32. The summed E-state index contributed by atoms with van der Waals surface area (Å²) in [7, 11) is 0. The van der Waals surface area contributed by atoms with Crippen LogP contribution in [0.1, 0.15) is 21.7 Å². The van der Waals surface area contributed by atoms with E-state index < -0.39 is 23.6 Å². The molecule has 29 heavy (non-hydrogen) atoms. The zero-order valence-corrected chi connectivity index (χ0v) is 14.7. The highest BCUT2D eigenvalue weighted by Gasteiger charge is 2.30. The number of carbonyl (C=O) groups excluding carboxylic acids is 2. The van der Waals surface area contributed by atoms with Crippen molar-refractivity contribution in [3.8, 4) is 0 Å². The quantitative estimate of drug-likeness (QED) is 0.631. The van der Waals surface area contributed by atoms with Gasteiger partial charge in [-0.25, -0.2) is 0 Å². The van der Waals surface area contributed by atoms with Gasteiger partial charge in [0.1, 0.15) is 5.70 Å². The second kappa shape index (κ2) is 8.42. The molecule has 2 N–H and O–H groups in total. The highest BCUT2D eigenvalue weighted by molar-refractivity contribution is 6.10. The molecule has 148 valence electrons. The number of amides is 2. The predicted octanol–water partition coefficient (Wildman–Crippen LogP) is 4.10. The van der Waals surface area contributed by atoms with E-state index in [0.29, 0.717) is 5.56 Å². The van der Waals surface area contributed by atoms with E-state index in [4.69, 9.17) is 4.42 Å². The van der Waals surface area contributed by atoms with Crippen LogP contribution in [0.2, 0.25) is 0 Å². The van der Waals surface area contributed by atoms with Crippen molar-refractivity contribution in [1.82, 2.24) is 10.3 Å². The van der Waals surface area contributed by atoms with E-state index in [-0.39, 0.29) is 17.1 Å². The molecular formula is C20H14F3N3O3. The number of nitrogens with one attached hydrogen (secondary N) is 2. The van der Waals surface area contributed by atoms with Crippen molar-refractivity contribution in [2.75, 3.05) is 5.32 Å². The fraction of sp³-hybridized carbons (Fsp3) is 0.0500. The molecule has 0 saturated heterocycles. The monoisotopic (exact) mass is 401 g/mol.